The van der Waals surface area contributed by atoms with Crippen LogP contribution in [0.4, 0.5) is 0 Å². The van der Waals surface area contributed by atoms with E-state index >= 15 is 0 Å². The van der Waals surface area contributed by atoms with E-state index in [1.807, 2.05) is 24.3 Å². The average Bonchev–Trinajstić information content (AvgIpc) is 2.78. The summed E-state index contributed by atoms with van der Waals surface area (Å²) in [5.41, 5.74) is 9.13. The van der Waals surface area contributed by atoms with Gasteiger partial charge in [-0.2, -0.15) is 36.1 Å². The smallest absolute Gasteiger partial charge is 0.0667 e. The van der Waals surface area contributed by atoms with Crippen LogP contribution in [0, 0.1) is 0 Å². The lowest BCUT2D eigenvalue weighted by Crippen LogP contribution is -2.29. The Morgan fingerprint density at radius 2 is 1.38 bits per heavy atom. The van der Waals surface area contributed by atoms with Gasteiger partial charge in [0, 0.05) is 0 Å². The van der Waals surface area contributed by atoms with Gasteiger partial charge in [0.15, 0.2) is 0 Å². The second-order valence-electron chi connectivity index (χ2n) is 4.13. The molecule has 2 aliphatic carbocycles. The molecule has 1 heteroatoms. The Labute approximate surface area is 79.3 Å². The number of allylic oxidation sites excluding steroid dienone is 6. The van der Waals surface area contributed by atoms with Crippen LogP contribution in [-0.4, -0.2) is 6.15 Å². The molecule has 0 spiro atoms. The molecular formula is C12H12B-. The first-order valence-corrected chi connectivity index (χ1v) is 4.72. The van der Waals surface area contributed by atoms with Crippen molar-refractivity contribution in [1.29, 1.82) is 0 Å². The Bertz CT molecular complexity index is 378. The third-order valence-electron chi connectivity index (χ3n) is 2.80. The van der Waals surface area contributed by atoms with Crippen LogP contribution in [0.2, 0.25) is 13.6 Å². The van der Waals surface area contributed by atoms with Crippen LogP contribution in [0.25, 0.3) is 0 Å². The Kier molecular flexibility index (Phi) is 1.77. The molecular weight excluding hydrogens is 155 g/mol. The van der Waals surface area contributed by atoms with Gasteiger partial charge < -0.3 is 0 Å². The fraction of sp³-hybridized carbons (Fsp3) is 0.167. The van der Waals surface area contributed by atoms with E-state index in [4.69, 9.17) is 0 Å². The second kappa shape index (κ2) is 2.82. The van der Waals surface area contributed by atoms with Gasteiger partial charge in [-0.3, -0.25) is 0 Å². The van der Waals surface area contributed by atoms with Gasteiger partial charge in [-0.05, 0) is 12.2 Å². The minimum Gasteiger partial charge on any atom is -0.180 e. The molecule has 2 rings (SSSR count). The first-order valence-electron chi connectivity index (χ1n) is 4.72. The minimum atomic E-state index is -0.639. The predicted molar refractivity (Wildman–Crippen MR) is 59.0 cm³/mol. The molecule has 13 heavy (non-hydrogen) atoms. The fourth-order valence-electron chi connectivity index (χ4n) is 1.75. The molecule has 0 heterocycles. The van der Waals surface area contributed by atoms with Gasteiger partial charge in [0.1, 0.15) is 0 Å². The zero-order valence-electron chi connectivity index (χ0n) is 8.04. The summed E-state index contributed by atoms with van der Waals surface area (Å²) in [4.78, 5) is 0. The van der Waals surface area contributed by atoms with E-state index < -0.39 is 6.15 Å². The lowest BCUT2D eigenvalue weighted by molar-refractivity contribution is 1.67. The van der Waals surface area contributed by atoms with Crippen molar-refractivity contribution in [3.05, 3.63) is 58.9 Å². The van der Waals surface area contributed by atoms with Crippen molar-refractivity contribution in [2.24, 2.45) is 0 Å². The Morgan fingerprint density at radius 1 is 0.923 bits per heavy atom. The SMILES string of the molecule is C[B-](C)(C1=C=CC=C1)C1=C=CC=C1. The summed E-state index contributed by atoms with van der Waals surface area (Å²) in [5.74, 6) is 0. The van der Waals surface area contributed by atoms with Gasteiger partial charge in [-0.25, -0.2) is 0 Å². The van der Waals surface area contributed by atoms with E-state index in [0.29, 0.717) is 0 Å². The van der Waals surface area contributed by atoms with Crippen molar-refractivity contribution in [2.75, 3.05) is 0 Å². The molecule has 0 saturated carbocycles. The topological polar surface area (TPSA) is 0 Å². The number of hydrogen-bond donors (Lipinski definition) is 0. The standard InChI is InChI=1S/C12H12B/c1-13(2,11-7-3-4-8-11)12-9-5-6-10-12/h3-7,9H,1-2H3/q-1. The third kappa shape index (κ3) is 1.29. The van der Waals surface area contributed by atoms with Gasteiger partial charge in [0.2, 0.25) is 0 Å². The van der Waals surface area contributed by atoms with Crippen molar-refractivity contribution in [3.63, 3.8) is 0 Å². The maximum absolute atomic E-state index is 3.27. The predicted octanol–water partition coefficient (Wildman–Crippen LogP) is 3.08. The van der Waals surface area contributed by atoms with Crippen LogP contribution >= 0.6 is 0 Å². The first-order chi connectivity index (χ1) is 6.21. The summed E-state index contributed by atoms with van der Waals surface area (Å²) < 4.78 is 0. The molecule has 0 saturated heterocycles. The highest BCUT2D eigenvalue weighted by molar-refractivity contribution is 6.91. The molecule has 0 amide bonds. The van der Waals surface area contributed by atoms with E-state index in [1.165, 1.54) is 10.9 Å². The molecule has 2 aliphatic rings. The maximum atomic E-state index is 3.27. The molecule has 0 N–H and O–H groups in total. The van der Waals surface area contributed by atoms with Crippen LogP contribution in [0.5, 0.6) is 0 Å². The Balaban J connectivity index is 2.41. The zero-order valence-corrected chi connectivity index (χ0v) is 8.04. The summed E-state index contributed by atoms with van der Waals surface area (Å²) >= 11 is 0. The van der Waals surface area contributed by atoms with Crippen molar-refractivity contribution >= 4 is 6.15 Å². The molecule has 0 bridgehead atoms. The van der Waals surface area contributed by atoms with E-state index in [1.54, 1.807) is 0 Å². The highest BCUT2D eigenvalue weighted by atomic mass is 14.0. The number of rotatable bonds is 2. The van der Waals surface area contributed by atoms with Crippen molar-refractivity contribution < 1.29 is 0 Å². The highest BCUT2D eigenvalue weighted by Crippen LogP contribution is 2.27. The molecule has 0 radical (unpaired) electrons. The maximum Gasteiger partial charge on any atom is 0.0667 e. The molecule has 0 fully saturated rings. The second-order valence-corrected chi connectivity index (χ2v) is 4.13. The van der Waals surface area contributed by atoms with Crippen molar-refractivity contribution in [1.82, 2.24) is 0 Å². The number of hydrogen-bond acceptors (Lipinski definition) is 0. The summed E-state index contributed by atoms with van der Waals surface area (Å²) in [5, 5.41) is 0. The van der Waals surface area contributed by atoms with E-state index in [2.05, 4.69) is 37.3 Å². The summed E-state index contributed by atoms with van der Waals surface area (Å²) in [7, 11) is 0. The molecule has 0 aliphatic heterocycles. The first kappa shape index (κ1) is 8.20. The van der Waals surface area contributed by atoms with Crippen LogP contribution in [0.3, 0.4) is 0 Å². The van der Waals surface area contributed by atoms with Crippen LogP contribution in [0.1, 0.15) is 0 Å². The third-order valence-corrected chi connectivity index (χ3v) is 2.80. The van der Waals surface area contributed by atoms with E-state index in [9.17, 15) is 0 Å². The molecule has 0 atom stereocenters. The summed E-state index contributed by atoms with van der Waals surface area (Å²) in [6.07, 6.45) is 11.7. The fourth-order valence-corrected chi connectivity index (χ4v) is 1.75. The molecule has 0 aromatic heterocycles. The molecule has 0 nitrogen and oxygen atoms in total. The van der Waals surface area contributed by atoms with Gasteiger partial charge in [-0.1, -0.05) is 24.3 Å². The molecule has 0 aromatic carbocycles. The minimum absolute atomic E-state index is 0.639. The summed E-state index contributed by atoms with van der Waals surface area (Å²) in [6.45, 7) is 4.52. The van der Waals surface area contributed by atoms with Crippen LogP contribution in [-0.2, 0) is 0 Å². The largest absolute Gasteiger partial charge is 0.180 e. The lowest BCUT2D eigenvalue weighted by atomic mass is 9.21. The normalized spacial score (nSPS) is 18.3. The van der Waals surface area contributed by atoms with Gasteiger partial charge in [0.05, 0.1) is 6.15 Å². The van der Waals surface area contributed by atoms with Gasteiger partial charge in [0.25, 0.3) is 0 Å². The molecule has 0 aromatic rings. The van der Waals surface area contributed by atoms with E-state index in [0.717, 1.165) is 0 Å². The summed E-state index contributed by atoms with van der Waals surface area (Å²) in [6, 6.07) is 0. The lowest BCUT2D eigenvalue weighted by Gasteiger charge is -2.30. The highest BCUT2D eigenvalue weighted by Gasteiger charge is 2.20. The monoisotopic (exact) mass is 167 g/mol. The van der Waals surface area contributed by atoms with Gasteiger partial charge >= 0.3 is 0 Å². The van der Waals surface area contributed by atoms with Crippen molar-refractivity contribution in [3.8, 4) is 0 Å². The quantitative estimate of drug-likeness (QED) is 0.437. The van der Waals surface area contributed by atoms with Crippen LogP contribution in [0.15, 0.2) is 58.9 Å². The Hall–Kier alpha value is -1.42. The average molecular weight is 167 g/mol. The van der Waals surface area contributed by atoms with Crippen molar-refractivity contribution in [2.45, 2.75) is 13.6 Å². The Morgan fingerprint density at radius 3 is 1.69 bits per heavy atom. The zero-order chi connectivity index (χ0) is 9.31. The van der Waals surface area contributed by atoms with Crippen LogP contribution < -0.4 is 0 Å². The molecule has 64 valence electrons. The van der Waals surface area contributed by atoms with Gasteiger partial charge in [-0.15, -0.1) is 0 Å². The van der Waals surface area contributed by atoms with E-state index in [-0.39, 0.29) is 0 Å². The molecule has 0 unspecified atom stereocenters.